The normalized spacial score (nSPS) is 12.2. The van der Waals surface area contributed by atoms with Crippen molar-refractivity contribution in [3.05, 3.63) is 0 Å². The molecular weight excluding hydrogens is 431 g/mol. The maximum atomic E-state index is 10.4. The van der Waals surface area contributed by atoms with Gasteiger partial charge in [-0.05, 0) is 24.3 Å². The van der Waals surface area contributed by atoms with Crippen molar-refractivity contribution in [3.63, 3.8) is 0 Å². The zero-order valence-electron chi connectivity index (χ0n) is 19.8. The van der Waals surface area contributed by atoms with E-state index in [1.165, 1.54) is 128 Å². The molecule has 29 heavy (non-hydrogen) atoms. The molecule has 1 N–H and O–H groups in total. The highest BCUT2D eigenvalue weighted by molar-refractivity contribution is 8.94. The molecule has 0 aliphatic heterocycles. The molecule has 0 bridgehead atoms. The summed E-state index contributed by atoms with van der Waals surface area (Å²) < 4.78 is -2.26. The Hall–Kier alpha value is 1.44. The maximum absolute atomic E-state index is 10.4. The second-order valence-corrected chi connectivity index (χ2v) is 20.7. The van der Waals surface area contributed by atoms with E-state index in [2.05, 4.69) is 38.3 Å². The molecule has 0 unspecified atom stereocenters. The van der Waals surface area contributed by atoms with Gasteiger partial charge in [-0.15, -0.1) is 34.6 Å². The summed E-state index contributed by atoms with van der Waals surface area (Å²) in [6.45, 7) is 4.56. The molecule has 0 atom stereocenters. The summed E-state index contributed by atoms with van der Waals surface area (Å²) >= 11 is 8.98. The first-order chi connectivity index (χ1) is 14.0. The fourth-order valence-electron chi connectivity index (χ4n) is 3.86. The molecule has 0 aromatic carbocycles. The largest absolute Gasteiger partial charge is 0.354 e. The molecule has 0 heterocycles. The summed E-state index contributed by atoms with van der Waals surface area (Å²) in [5.74, 6) is 2.29. The van der Waals surface area contributed by atoms with Crippen molar-refractivity contribution in [3.8, 4) is 0 Å². The summed E-state index contributed by atoms with van der Waals surface area (Å²) in [5.41, 5.74) is 0. The van der Waals surface area contributed by atoms with Gasteiger partial charge in [-0.3, -0.25) is 0 Å². The van der Waals surface area contributed by atoms with Crippen molar-refractivity contribution < 1.29 is 4.89 Å². The molecule has 0 fully saturated rings. The van der Waals surface area contributed by atoms with Crippen molar-refractivity contribution >= 4 is 39.2 Å². The maximum Gasteiger partial charge on any atom is 0.127 e. The third kappa shape index (κ3) is 22.4. The molecule has 0 aromatic heterocycles. The van der Waals surface area contributed by atoms with Crippen LogP contribution < -0.4 is 0 Å². The van der Waals surface area contributed by atoms with Crippen molar-refractivity contribution in [2.45, 2.75) is 142 Å². The smallest absolute Gasteiger partial charge is 0.127 e. The summed E-state index contributed by atoms with van der Waals surface area (Å²) in [4.78, 5) is 10.4. The third-order valence-electron chi connectivity index (χ3n) is 5.81. The van der Waals surface area contributed by atoms with Crippen molar-refractivity contribution in [1.82, 2.24) is 0 Å². The van der Waals surface area contributed by atoms with Crippen LogP contribution in [0.3, 0.4) is 0 Å². The monoisotopic (exact) mass is 484 g/mol. The highest BCUT2D eigenvalue weighted by Crippen LogP contribution is 2.56. The van der Waals surface area contributed by atoms with Crippen LogP contribution in [-0.4, -0.2) is 16.4 Å². The Bertz CT molecular complexity index is 361. The molecule has 1 nitrogen and oxygen atoms in total. The van der Waals surface area contributed by atoms with E-state index in [-0.39, 0.29) is 10.1 Å². The lowest BCUT2D eigenvalue weighted by atomic mass is 10.1. The number of unbranched alkanes of at least 4 members (excludes halogenated alkanes) is 18. The summed E-state index contributed by atoms with van der Waals surface area (Å²) in [6, 6.07) is 0. The first-order valence-corrected chi connectivity index (χ1v) is 19.0. The summed E-state index contributed by atoms with van der Waals surface area (Å²) in [6.07, 6.45) is 27.5. The Balaban J connectivity index is 3.67. The zero-order chi connectivity index (χ0) is 21.6. The Morgan fingerprint density at radius 3 is 0.966 bits per heavy atom. The first kappa shape index (κ1) is 30.4. The molecule has 0 aliphatic rings. The van der Waals surface area contributed by atoms with Gasteiger partial charge in [-0.25, -0.2) is 0 Å². The van der Waals surface area contributed by atoms with Gasteiger partial charge in [0, 0.05) is 0 Å². The molecule has 0 saturated heterocycles. The third-order valence-corrected chi connectivity index (χ3v) is 15.4. The molecule has 0 saturated carbocycles. The van der Waals surface area contributed by atoms with Gasteiger partial charge in [0.15, 0.2) is 0 Å². The second kappa shape index (κ2) is 22.6. The predicted molar refractivity (Wildman–Crippen MR) is 148 cm³/mol. The van der Waals surface area contributed by atoms with Gasteiger partial charge in [0.05, 0.1) is 0 Å². The fraction of sp³-hybridized carbons (Fsp3) is 1.00. The van der Waals surface area contributed by atoms with E-state index in [0.29, 0.717) is 0 Å². The molecular formula is C24H53OPS3. The van der Waals surface area contributed by atoms with E-state index >= 15 is 0 Å². The van der Waals surface area contributed by atoms with E-state index in [9.17, 15) is 4.89 Å². The highest BCUT2D eigenvalue weighted by Gasteiger charge is 2.09. The van der Waals surface area contributed by atoms with E-state index in [0.717, 1.165) is 11.5 Å². The second-order valence-electron chi connectivity index (χ2n) is 8.75. The van der Waals surface area contributed by atoms with Crippen molar-refractivity contribution in [2.24, 2.45) is 0 Å². The lowest BCUT2D eigenvalue weighted by Gasteiger charge is -2.17. The van der Waals surface area contributed by atoms with Crippen LogP contribution in [0.15, 0.2) is 0 Å². The van der Waals surface area contributed by atoms with Gasteiger partial charge >= 0.3 is 0 Å². The van der Waals surface area contributed by atoms with Gasteiger partial charge < -0.3 is 4.89 Å². The first-order valence-electron chi connectivity index (χ1n) is 12.8. The molecule has 0 aliphatic carbocycles. The Kier molecular flexibility index (Phi) is 23.8. The summed E-state index contributed by atoms with van der Waals surface area (Å²) in [7, 11) is 0.0280. The Labute approximate surface area is 197 Å². The quantitative estimate of drug-likeness (QED) is 0.0793. The predicted octanol–water partition coefficient (Wildman–Crippen LogP) is 9.98. The van der Waals surface area contributed by atoms with Crippen LogP contribution in [0.2, 0.25) is 0 Å². The lowest BCUT2D eigenvalue weighted by Crippen LogP contribution is -2.03. The van der Waals surface area contributed by atoms with Crippen molar-refractivity contribution in [1.29, 1.82) is 0 Å². The molecule has 0 radical (unpaired) electrons. The zero-order valence-corrected chi connectivity index (χ0v) is 23.3. The fourth-order valence-corrected chi connectivity index (χ4v) is 10.8. The Morgan fingerprint density at radius 2 is 0.724 bits per heavy atom. The van der Waals surface area contributed by atoms with Gasteiger partial charge in [-0.2, -0.15) is 0 Å². The SMILES string of the molecule is CCCCCCCCCCCCS(CCCCCCCCCCCC)=P(O)(S)S. The topological polar surface area (TPSA) is 20.2 Å². The number of hydrogen-bond acceptors (Lipinski definition) is 0. The minimum absolute atomic E-state index is 0.0280. The van der Waals surface area contributed by atoms with Crippen LogP contribution in [-0.2, 0) is 10.1 Å². The van der Waals surface area contributed by atoms with Crippen molar-refractivity contribution in [2.75, 3.05) is 11.5 Å². The van der Waals surface area contributed by atoms with Crippen LogP contribution in [0.5, 0.6) is 0 Å². The number of rotatable bonds is 22. The van der Waals surface area contributed by atoms with Gasteiger partial charge in [-0.1, -0.05) is 129 Å². The summed E-state index contributed by atoms with van der Waals surface area (Å²) in [5, 5.41) is 0. The van der Waals surface area contributed by atoms with Gasteiger partial charge in [0.1, 0.15) is 4.67 Å². The van der Waals surface area contributed by atoms with Crippen LogP contribution in [0.4, 0.5) is 0 Å². The molecule has 5 heteroatoms. The van der Waals surface area contributed by atoms with Crippen LogP contribution in [0.25, 0.3) is 0 Å². The Morgan fingerprint density at radius 1 is 0.483 bits per heavy atom. The molecule has 0 spiro atoms. The van der Waals surface area contributed by atoms with Crippen LogP contribution in [0.1, 0.15) is 142 Å². The average molecular weight is 485 g/mol. The van der Waals surface area contributed by atoms with E-state index < -0.39 is 4.67 Å². The standard InChI is InChI=1S/C24H53OPS3/c1-3-5-7-9-11-13-15-17-19-21-23-29(26(25,27)28)24-22-20-18-16-14-12-10-8-6-4-2/h25,27-28H,3-24H2,1-2H3. The van der Waals surface area contributed by atoms with E-state index in [4.69, 9.17) is 0 Å². The van der Waals surface area contributed by atoms with Crippen LogP contribution >= 0.6 is 29.2 Å². The molecule has 0 rings (SSSR count). The van der Waals surface area contributed by atoms with Gasteiger partial charge in [0.2, 0.25) is 0 Å². The van der Waals surface area contributed by atoms with Gasteiger partial charge in [0.25, 0.3) is 0 Å². The van der Waals surface area contributed by atoms with E-state index in [1.807, 2.05) is 0 Å². The molecule has 0 amide bonds. The van der Waals surface area contributed by atoms with Crippen LogP contribution in [0, 0.1) is 0 Å². The molecule has 0 aromatic rings. The highest BCUT2D eigenvalue weighted by atomic mass is 33.2. The lowest BCUT2D eigenvalue weighted by molar-refractivity contribution is 0.562. The number of hydrogen-bond donors (Lipinski definition) is 3. The molecule has 178 valence electrons. The van der Waals surface area contributed by atoms with E-state index in [1.54, 1.807) is 0 Å². The minimum atomic E-state index is -2.26. The average Bonchev–Trinajstić information content (AvgIpc) is 2.68. The number of thiol groups is 2. The minimum Gasteiger partial charge on any atom is -0.354 e.